The average Bonchev–Trinajstić information content (AvgIpc) is 3.23. The third kappa shape index (κ3) is 3.01. The van der Waals surface area contributed by atoms with E-state index in [1.54, 1.807) is 7.11 Å². The van der Waals surface area contributed by atoms with E-state index in [4.69, 9.17) is 9.15 Å². The van der Waals surface area contributed by atoms with Crippen LogP contribution in [0.1, 0.15) is 16.1 Å². The first-order chi connectivity index (χ1) is 10.8. The summed E-state index contributed by atoms with van der Waals surface area (Å²) in [5.41, 5.74) is 1.25. The fourth-order valence-corrected chi connectivity index (χ4v) is 2.75. The number of rotatable bonds is 5. The van der Waals surface area contributed by atoms with Gasteiger partial charge in [0.2, 0.25) is 0 Å². The second-order valence-corrected chi connectivity index (χ2v) is 5.49. The summed E-state index contributed by atoms with van der Waals surface area (Å²) in [5, 5.41) is 4.77. The second kappa shape index (κ2) is 6.44. The summed E-state index contributed by atoms with van der Waals surface area (Å²) in [5.74, 6) is 0.991. The molecular formula is C16H14N2O3S. The number of nitrogens with zero attached hydrogens (tertiary/aromatic N) is 1. The molecule has 5 nitrogen and oxygen atoms in total. The molecule has 0 aliphatic rings. The molecule has 0 atom stereocenters. The number of hydrogen-bond acceptors (Lipinski definition) is 5. The molecule has 2 heterocycles. The third-order valence-corrected chi connectivity index (χ3v) is 3.98. The van der Waals surface area contributed by atoms with Crippen molar-refractivity contribution in [2.45, 2.75) is 6.54 Å². The van der Waals surface area contributed by atoms with E-state index in [1.165, 1.54) is 17.7 Å². The van der Waals surface area contributed by atoms with E-state index in [2.05, 4.69) is 10.3 Å². The molecule has 0 aliphatic carbocycles. The predicted molar refractivity (Wildman–Crippen MR) is 84.0 cm³/mol. The normalized spacial score (nSPS) is 10.4. The highest BCUT2D eigenvalue weighted by Gasteiger charge is 2.18. The summed E-state index contributed by atoms with van der Waals surface area (Å²) >= 11 is 1.50. The summed E-state index contributed by atoms with van der Waals surface area (Å²) in [6.07, 6.45) is 1.29. The van der Waals surface area contributed by atoms with Gasteiger partial charge in [-0.05, 0) is 29.1 Å². The van der Waals surface area contributed by atoms with Crippen molar-refractivity contribution in [3.05, 3.63) is 59.4 Å². The molecular weight excluding hydrogens is 300 g/mol. The summed E-state index contributed by atoms with van der Waals surface area (Å²) in [7, 11) is 1.61. The third-order valence-electron chi connectivity index (χ3n) is 3.11. The van der Waals surface area contributed by atoms with E-state index < -0.39 is 0 Å². The van der Waals surface area contributed by atoms with Crippen LogP contribution < -0.4 is 10.1 Å². The number of methoxy groups -OCH3 is 1. The zero-order valence-corrected chi connectivity index (χ0v) is 12.7. The molecule has 0 aliphatic heterocycles. The van der Waals surface area contributed by atoms with Crippen LogP contribution in [0.3, 0.4) is 0 Å². The maximum Gasteiger partial charge on any atom is 0.274 e. The van der Waals surface area contributed by atoms with Crippen LogP contribution in [0.25, 0.3) is 10.6 Å². The van der Waals surface area contributed by atoms with Gasteiger partial charge in [0.15, 0.2) is 17.8 Å². The lowest BCUT2D eigenvalue weighted by molar-refractivity contribution is 0.0946. The average molecular weight is 314 g/mol. The highest BCUT2D eigenvalue weighted by atomic mass is 32.1. The van der Waals surface area contributed by atoms with Gasteiger partial charge in [0.05, 0.1) is 12.0 Å². The quantitative estimate of drug-likeness (QED) is 0.784. The van der Waals surface area contributed by atoms with E-state index in [9.17, 15) is 4.79 Å². The number of thiophene rings is 1. The minimum absolute atomic E-state index is 0.264. The monoisotopic (exact) mass is 314 g/mol. The highest BCUT2D eigenvalue weighted by Crippen LogP contribution is 2.27. The predicted octanol–water partition coefficient (Wildman–Crippen LogP) is 3.34. The van der Waals surface area contributed by atoms with Crippen molar-refractivity contribution in [2.75, 3.05) is 7.11 Å². The molecule has 112 valence electrons. The molecule has 3 rings (SSSR count). The number of carbonyl (C=O) groups excluding carboxylic acids is 1. The maximum atomic E-state index is 12.3. The van der Waals surface area contributed by atoms with Crippen molar-refractivity contribution < 1.29 is 13.9 Å². The van der Waals surface area contributed by atoms with Crippen LogP contribution in [0.2, 0.25) is 0 Å². The Morgan fingerprint density at radius 3 is 3.05 bits per heavy atom. The number of oxazole rings is 1. The Morgan fingerprint density at radius 1 is 1.36 bits per heavy atom. The van der Waals surface area contributed by atoms with Crippen molar-refractivity contribution in [3.63, 3.8) is 0 Å². The van der Waals surface area contributed by atoms with Gasteiger partial charge in [-0.15, -0.1) is 11.3 Å². The Bertz CT molecular complexity index is 765. The number of aromatic nitrogens is 1. The minimum Gasteiger partial charge on any atom is -0.497 e. The first-order valence-corrected chi connectivity index (χ1v) is 7.54. The maximum absolute atomic E-state index is 12.3. The first kappa shape index (κ1) is 14.3. The Kier molecular flexibility index (Phi) is 4.20. The van der Waals surface area contributed by atoms with Gasteiger partial charge in [0, 0.05) is 6.54 Å². The van der Waals surface area contributed by atoms with E-state index in [-0.39, 0.29) is 5.91 Å². The zero-order valence-electron chi connectivity index (χ0n) is 11.9. The van der Waals surface area contributed by atoms with E-state index >= 15 is 0 Å². The molecule has 3 aromatic rings. The number of ether oxygens (including phenoxy) is 1. The Hall–Kier alpha value is -2.60. The molecule has 1 amide bonds. The Labute approximate surface area is 131 Å². The molecule has 0 radical (unpaired) electrons. The van der Waals surface area contributed by atoms with Gasteiger partial charge >= 0.3 is 0 Å². The second-order valence-electron chi connectivity index (χ2n) is 4.54. The van der Waals surface area contributed by atoms with E-state index in [0.29, 0.717) is 18.0 Å². The smallest absolute Gasteiger partial charge is 0.274 e. The van der Waals surface area contributed by atoms with Crippen molar-refractivity contribution in [2.24, 2.45) is 0 Å². The summed E-state index contributed by atoms with van der Waals surface area (Å²) in [4.78, 5) is 17.2. The van der Waals surface area contributed by atoms with Crippen LogP contribution in [-0.4, -0.2) is 18.0 Å². The van der Waals surface area contributed by atoms with Gasteiger partial charge < -0.3 is 14.5 Å². The van der Waals surface area contributed by atoms with Crippen molar-refractivity contribution >= 4 is 17.2 Å². The topological polar surface area (TPSA) is 64.4 Å². The highest BCUT2D eigenvalue weighted by molar-refractivity contribution is 7.13. The Balaban J connectivity index is 1.71. The molecule has 0 bridgehead atoms. The molecule has 0 saturated heterocycles. The van der Waals surface area contributed by atoms with Gasteiger partial charge in [0.25, 0.3) is 5.91 Å². The first-order valence-electron chi connectivity index (χ1n) is 6.66. The lowest BCUT2D eigenvalue weighted by Crippen LogP contribution is -2.23. The Morgan fingerprint density at radius 2 is 2.27 bits per heavy atom. The SMILES string of the molecule is COc1cccc(CNC(=O)c2ncoc2-c2cccs2)c1. The summed E-state index contributed by atoms with van der Waals surface area (Å²) < 4.78 is 10.5. The van der Waals surface area contributed by atoms with Gasteiger partial charge in [-0.3, -0.25) is 4.79 Å². The van der Waals surface area contributed by atoms with Gasteiger partial charge in [-0.25, -0.2) is 4.98 Å². The lowest BCUT2D eigenvalue weighted by atomic mass is 10.2. The number of amides is 1. The molecule has 1 N–H and O–H groups in total. The van der Waals surface area contributed by atoms with E-state index in [1.807, 2.05) is 41.8 Å². The van der Waals surface area contributed by atoms with Crippen LogP contribution in [0.4, 0.5) is 0 Å². The van der Waals surface area contributed by atoms with Crippen LogP contribution in [0.15, 0.2) is 52.6 Å². The largest absolute Gasteiger partial charge is 0.497 e. The van der Waals surface area contributed by atoms with Crippen LogP contribution in [0.5, 0.6) is 5.75 Å². The van der Waals surface area contributed by atoms with Crippen molar-refractivity contribution in [1.82, 2.24) is 10.3 Å². The standard InChI is InChI=1S/C16H14N2O3S/c1-20-12-5-2-4-11(8-12)9-17-16(19)14-15(21-10-18-14)13-6-3-7-22-13/h2-8,10H,9H2,1H3,(H,17,19). The molecule has 22 heavy (non-hydrogen) atoms. The molecule has 6 heteroatoms. The van der Waals surface area contributed by atoms with Gasteiger partial charge in [0.1, 0.15) is 5.75 Å². The number of benzene rings is 1. The fourth-order valence-electron chi connectivity index (χ4n) is 2.04. The fraction of sp³-hybridized carbons (Fsp3) is 0.125. The van der Waals surface area contributed by atoms with Crippen LogP contribution in [-0.2, 0) is 6.54 Å². The molecule has 0 fully saturated rings. The summed E-state index contributed by atoms with van der Waals surface area (Å²) in [6.45, 7) is 0.396. The van der Waals surface area contributed by atoms with Crippen LogP contribution >= 0.6 is 11.3 Å². The van der Waals surface area contributed by atoms with E-state index in [0.717, 1.165) is 16.2 Å². The van der Waals surface area contributed by atoms with Crippen molar-refractivity contribution in [1.29, 1.82) is 0 Å². The lowest BCUT2D eigenvalue weighted by Gasteiger charge is -2.06. The minimum atomic E-state index is -0.264. The zero-order chi connectivity index (χ0) is 15.4. The molecule has 0 unspecified atom stereocenters. The molecule has 0 spiro atoms. The van der Waals surface area contributed by atoms with Crippen LogP contribution in [0, 0.1) is 0 Å². The number of nitrogens with one attached hydrogen (secondary N) is 1. The number of carbonyl (C=O) groups is 1. The molecule has 0 saturated carbocycles. The van der Waals surface area contributed by atoms with Gasteiger partial charge in [-0.1, -0.05) is 18.2 Å². The summed E-state index contributed by atoms with van der Waals surface area (Å²) in [6, 6.07) is 11.3. The molecule has 1 aromatic carbocycles. The van der Waals surface area contributed by atoms with Crippen molar-refractivity contribution in [3.8, 4) is 16.4 Å². The molecule has 2 aromatic heterocycles. The number of hydrogen-bond donors (Lipinski definition) is 1. The van der Waals surface area contributed by atoms with Gasteiger partial charge in [-0.2, -0.15) is 0 Å².